The monoisotopic (exact) mass is 491 g/mol. The van der Waals surface area contributed by atoms with E-state index in [1.165, 1.54) is 0 Å². The minimum absolute atomic E-state index is 0.0798. The molecule has 3 aromatic carbocycles. The number of barbiturate groups is 1. The molecule has 1 fully saturated rings. The minimum Gasteiger partial charge on any atom is -0.317 e. The number of nitrogens with one attached hydrogen (secondary N) is 1. The lowest BCUT2D eigenvalue weighted by atomic mass is 9.98. The molecular formula is C31H29N3O3. The second-order valence-corrected chi connectivity index (χ2v) is 9.52. The van der Waals surface area contributed by atoms with Crippen molar-refractivity contribution in [2.24, 2.45) is 0 Å². The summed E-state index contributed by atoms with van der Waals surface area (Å²) in [5, 5.41) is 4.56. The first-order valence-electron chi connectivity index (χ1n) is 12.5. The summed E-state index contributed by atoms with van der Waals surface area (Å²) in [7, 11) is 0. The van der Waals surface area contributed by atoms with E-state index in [4.69, 9.17) is 0 Å². The maximum Gasteiger partial charge on any atom is 0.335 e. The zero-order valence-electron chi connectivity index (χ0n) is 21.4. The van der Waals surface area contributed by atoms with Crippen LogP contribution in [0.15, 0.2) is 78.4 Å². The van der Waals surface area contributed by atoms with Crippen LogP contribution in [0.2, 0.25) is 0 Å². The molecule has 1 N–H and O–H groups in total. The van der Waals surface area contributed by atoms with Crippen LogP contribution in [0.3, 0.4) is 0 Å². The molecule has 186 valence electrons. The topological polar surface area (TPSA) is 71.4 Å². The first kappa shape index (κ1) is 24.3. The summed E-state index contributed by atoms with van der Waals surface area (Å²) in [4.78, 5) is 39.9. The maximum absolute atomic E-state index is 13.4. The van der Waals surface area contributed by atoms with Crippen molar-refractivity contribution in [2.75, 3.05) is 4.90 Å². The molecule has 1 atom stereocenters. The fraction of sp³-hybridized carbons (Fsp3) is 0.194. The van der Waals surface area contributed by atoms with Crippen LogP contribution < -0.4 is 10.2 Å². The molecular weight excluding hydrogens is 462 g/mol. The predicted molar refractivity (Wildman–Crippen MR) is 147 cm³/mol. The van der Waals surface area contributed by atoms with Crippen molar-refractivity contribution in [1.29, 1.82) is 0 Å². The molecule has 0 radical (unpaired) electrons. The maximum atomic E-state index is 13.4. The molecule has 6 heteroatoms. The Hall–Kier alpha value is -4.45. The Morgan fingerprint density at radius 2 is 1.62 bits per heavy atom. The highest BCUT2D eigenvalue weighted by Gasteiger charge is 2.37. The average molecular weight is 492 g/mol. The molecule has 0 saturated carbocycles. The summed E-state index contributed by atoms with van der Waals surface area (Å²) in [5.74, 6) is -0.966. The Labute approximate surface area is 216 Å². The number of carbonyl (C=O) groups excluding carboxylic acids is 3. The number of aryl methyl sites for hydroxylation is 1. The van der Waals surface area contributed by atoms with E-state index in [9.17, 15) is 14.4 Å². The van der Waals surface area contributed by atoms with Crippen LogP contribution >= 0.6 is 0 Å². The van der Waals surface area contributed by atoms with E-state index in [1.54, 1.807) is 18.2 Å². The van der Waals surface area contributed by atoms with Gasteiger partial charge in [-0.25, -0.2) is 9.69 Å². The van der Waals surface area contributed by atoms with Gasteiger partial charge in [-0.05, 0) is 73.0 Å². The number of imide groups is 2. The Bertz CT molecular complexity index is 1570. The van der Waals surface area contributed by atoms with Crippen LogP contribution in [0.25, 0.3) is 22.5 Å². The summed E-state index contributed by atoms with van der Waals surface area (Å²) >= 11 is 0. The molecule has 0 bridgehead atoms. The largest absolute Gasteiger partial charge is 0.335 e. The number of amides is 4. The van der Waals surface area contributed by atoms with Crippen LogP contribution in [0.4, 0.5) is 10.5 Å². The number of urea groups is 1. The van der Waals surface area contributed by atoms with Crippen LogP contribution in [0.5, 0.6) is 0 Å². The van der Waals surface area contributed by atoms with E-state index in [-0.39, 0.29) is 5.57 Å². The third-order valence-electron chi connectivity index (χ3n) is 7.21. The second-order valence-electron chi connectivity index (χ2n) is 9.52. The van der Waals surface area contributed by atoms with E-state index >= 15 is 0 Å². The molecule has 2 heterocycles. The number of fused-ring (bicyclic) bond motifs is 1. The number of nitrogens with zero attached hydrogens (tertiary/aromatic N) is 2. The lowest BCUT2D eigenvalue weighted by molar-refractivity contribution is -0.122. The van der Waals surface area contributed by atoms with Gasteiger partial charge in [0.15, 0.2) is 0 Å². The molecule has 4 amide bonds. The average Bonchev–Trinajstić information content (AvgIpc) is 3.18. The fourth-order valence-corrected chi connectivity index (χ4v) is 4.94. The van der Waals surface area contributed by atoms with Gasteiger partial charge in [0.05, 0.1) is 11.4 Å². The number of anilines is 1. The van der Waals surface area contributed by atoms with Crippen molar-refractivity contribution in [1.82, 2.24) is 9.88 Å². The molecule has 0 spiro atoms. The van der Waals surface area contributed by atoms with Gasteiger partial charge in [0, 0.05) is 16.8 Å². The summed E-state index contributed by atoms with van der Waals surface area (Å²) < 4.78 is 2.12. The highest BCUT2D eigenvalue weighted by atomic mass is 16.2. The number of aromatic nitrogens is 1. The third kappa shape index (κ3) is 4.25. The molecule has 0 aliphatic carbocycles. The summed E-state index contributed by atoms with van der Waals surface area (Å²) in [6, 6.07) is 22.9. The quantitative estimate of drug-likeness (QED) is 0.258. The minimum atomic E-state index is -0.746. The summed E-state index contributed by atoms with van der Waals surface area (Å²) in [6.45, 7) is 8.19. The molecule has 4 aromatic rings. The molecule has 37 heavy (non-hydrogen) atoms. The van der Waals surface area contributed by atoms with Crippen LogP contribution in [-0.4, -0.2) is 22.4 Å². The number of benzene rings is 3. The number of rotatable bonds is 5. The van der Waals surface area contributed by atoms with Gasteiger partial charge in [-0.3, -0.25) is 14.9 Å². The second kappa shape index (κ2) is 9.54. The fourth-order valence-electron chi connectivity index (χ4n) is 4.94. The van der Waals surface area contributed by atoms with Crippen LogP contribution in [0.1, 0.15) is 48.7 Å². The van der Waals surface area contributed by atoms with Gasteiger partial charge in [0.1, 0.15) is 5.57 Å². The van der Waals surface area contributed by atoms with Gasteiger partial charge in [0.2, 0.25) is 0 Å². The van der Waals surface area contributed by atoms with Crippen LogP contribution in [-0.2, 0) is 9.59 Å². The Kier molecular flexibility index (Phi) is 6.25. The SMILES string of the molecule is CCC(C)c1ccc(N2C(=O)NC(=O)/C(=C/c3cc(C)n(-c4cccc5ccccc45)c3C)C2=O)cc1. The molecule has 5 rings (SSSR count). The van der Waals surface area contributed by atoms with E-state index < -0.39 is 17.8 Å². The number of carbonyl (C=O) groups is 3. The third-order valence-corrected chi connectivity index (χ3v) is 7.21. The van der Waals surface area contributed by atoms with E-state index in [1.807, 2.05) is 50.2 Å². The predicted octanol–water partition coefficient (Wildman–Crippen LogP) is 6.43. The van der Waals surface area contributed by atoms with Gasteiger partial charge in [-0.15, -0.1) is 0 Å². The lowest BCUT2D eigenvalue weighted by Gasteiger charge is -2.26. The smallest absolute Gasteiger partial charge is 0.317 e. The molecule has 1 saturated heterocycles. The summed E-state index contributed by atoms with van der Waals surface area (Å²) in [5.41, 5.74) is 5.10. The number of hydrogen-bond donors (Lipinski definition) is 1. The Morgan fingerprint density at radius 3 is 2.35 bits per heavy atom. The normalized spacial score (nSPS) is 15.9. The van der Waals surface area contributed by atoms with Gasteiger partial charge >= 0.3 is 6.03 Å². The van der Waals surface area contributed by atoms with Crippen molar-refractivity contribution in [2.45, 2.75) is 40.0 Å². The van der Waals surface area contributed by atoms with Gasteiger partial charge in [-0.1, -0.05) is 62.4 Å². The van der Waals surface area contributed by atoms with E-state index in [2.05, 4.69) is 48.0 Å². The Morgan fingerprint density at radius 1 is 0.919 bits per heavy atom. The van der Waals surface area contributed by atoms with Gasteiger partial charge in [0.25, 0.3) is 11.8 Å². The highest BCUT2D eigenvalue weighted by Crippen LogP contribution is 2.30. The molecule has 1 aromatic heterocycles. The first-order valence-corrected chi connectivity index (χ1v) is 12.5. The molecule has 1 aliphatic rings. The lowest BCUT2D eigenvalue weighted by Crippen LogP contribution is -2.54. The van der Waals surface area contributed by atoms with Crippen molar-refractivity contribution in [3.8, 4) is 5.69 Å². The van der Waals surface area contributed by atoms with Gasteiger partial charge in [-0.2, -0.15) is 0 Å². The Balaban J connectivity index is 1.54. The standard InChI is InChI=1S/C31H29N3O3/c1-5-19(2)22-13-15-25(16-14-22)34-30(36)27(29(35)32-31(34)37)18-24-17-20(3)33(21(24)4)28-12-8-10-23-9-6-7-11-26(23)28/h6-19H,5H2,1-4H3,(H,32,35,37)/b27-18-. The van der Waals surface area contributed by atoms with Crippen molar-refractivity contribution >= 4 is 40.4 Å². The van der Waals surface area contributed by atoms with E-state index in [0.29, 0.717) is 11.6 Å². The van der Waals surface area contributed by atoms with E-state index in [0.717, 1.165) is 50.3 Å². The van der Waals surface area contributed by atoms with Gasteiger partial charge < -0.3 is 4.57 Å². The first-order chi connectivity index (χ1) is 17.8. The highest BCUT2D eigenvalue weighted by molar-refractivity contribution is 6.39. The molecule has 1 unspecified atom stereocenters. The number of hydrogen-bond acceptors (Lipinski definition) is 3. The zero-order valence-corrected chi connectivity index (χ0v) is 21.4. The zero-order chi connectivity index (χ0) is 26.3. The van der Waals surface area contributed by atoms with Crippen molar-refractivity contribution in [3.63, 3.8) is 0 Å². The van der Waals surface area contributed by atoms with Crippen molar-refractivity contribution in [3.05, 3.63) is 101 Å². The summed E-state index contributed by atoms with van der Waals surface area (Å²) in [6.07, 6.45) is 2.57. The molecule has 1 aliphatic heterocycles. The van der Waals surface area contributed by atoms with Crippen LogP contribution in [0, 0.1) is 13.8 Å². The van der Waals surface area contributed by atoms with Crippen molar-refractivity contribution < 1.29 is 14.4 Å². The molecule has 6 nitrogen and oxygen atoms in total.